The third kappa shape index (κ3) is 2.27. The molecule has 0 spiro atoms. The lowest BCUT2D eigenvalue weighted by atomic mass is 9.90. The van der Waals surface area contributed by atoms with Crippen LogP contribution in [0.5, 0.6) is 0 Å². The number of hydrogen-bond donors (Lipinski definition) is 0. The van der Waals surface area contributed by atoms with Gasteiger partial charge in [0.25, 0.3) is 5.91 Å². The summed E-state index contributed by atoms with van der Waals surface area (Å²) in [6.45, 7) is 7.87. The van der Waals surface area contributed by atoms with E-state index in [0.29, 0.717) is 0 Å². The van der Waals surface area contributed by atoms with Gasteiger partial charge in [0.05, 0.1) is 5.54 Å². The van der Waals surface area contributed by atoms with Gasteiger partial charge in [0, 0.05) is 0 Å². The third-order valence-electron chi connectivity index (χ3n) is 3.54. The number of carbonyl (C=O) groups is 1. The van der Waals surface area contributed by atoms with Gasteiger partial charge in [-0.3, -0.25) is 15.4 Å². The Morgan fingerprint density at radius 3 is 2.29 bits per heavy atom. The number of piperidine rings is 1. The highest BCUT2D eigenvalue weighted by Gasteiger charge is 2.35. The van der Waals surface area contributed by atoms with Crippen molar-refractivity contribution in [2.24, 2.45) is 5.92 Å². The smallest absolute Gasteiger partial charge is 0.258 e. The van der Waals surface area contributed by atoms with Crippen LogP contribution in [-0.4, -0.2) is 29.4 Å². The van der Waals surface area contributed by atoms with Gasteiger partial charge in [-0.1, -0.05) is 13.3 Å². The van der Waals surface area contributed by atoms with Crippen LogP contribution in [0.15, 0.2) is 0 Å². The number of nitrogens with zero attached hydrogens (tertiary/aromatic N) is 1. The van der Waals surface area contributed by atoms with E-state index in [0.717, 1.165) is 19.0 Å². The fourth-order valence-electron chi connectivity index (χ4n) is 2.04. The van der Waals surface area contributed by atoms with E-state index in [2.05, 4.69) is 11.8 Å². The molecule has 3 nitrogen and oxygen atoms in total. The van der Waals surface area contributed by atoms with Crippen LogP contribution in [0.1, 0.15) is 40.0 Å². The maximum absolute atomic E-state index is 11.1. The molecular formula is C11H21N2O. The molecule has 1 amide bonds. The Morgan fingerprint density at radius 1 is 1.43 bits per heavy atom. The van der Waals surface area contributed by atoms with Gasteiger partial charge >= 0.3 is 0 Å². The van der Waals surface area contributed by atoms with E-state index in [1.165, 1.54) is 19.3 Å². The molecule has 1 rings (SSSR count). The summed E-state index contributed by atoms with van der Waals surface area (Å²) < 4.78 is 0. The Morgan fingerprint density at radius 2 is 1.93 bits per heavy atom. The highest BCUT2D eigenvalue weighted by Crippen LogP contribution is 2.25. The van der Waals surface area contributed by atoms with Crippen molar-refractivity contribution in [3.8, 4) is 0 Å². The van der Waals surface area contributed by atoms with Gasteiger partial charge in [-0.15, -0.1) is 0 Å². The summed E-state index contributed by atoms with van der Waals surface area (Å²) in [5, 5.41) is 0. The molecule has 1 aliphatic heterocycles. The number of hydrogen-bond acceptors (Lipinski definition) is 2. The van der Waals surface area contributed by atoms with Crippen molar-refractivity contribution < 1.29 is 4.79 Å². The quantitative estimate of drug-likeness (QED) is 0.691. The van der Waals surface area contributed by atoms with Gasteiger partial charge in [0.15, 0.2) is 0 Å². The number of nitrogens with one attached hydrogen (secondary N) is 1. The second-order valence-corrected chi connectivity index (χ2v) is 4.73. The summed E-state index contributed by atoms with van der Waals surface area (Å²) in [5.41, 5.74) is 6.65. The van der Waals surface area contributed by atoms with Crippen LogP contribution >= 0.6 is 0 Å². The number of amides is 1. The fourth-order valence-corrected chi connectivity index (χ4v) is 2.04. The van der Waals surface area contributed by atoms with E-state index in [4.69, 9.17) is 5.73 Å². The minimum Gasteiger partial charge on any atom is -0.290 e. The summed E-state index contributed by atoms with van der Waals surface area (Å²) >= 11 is 0. The summed E-state index contributed by atoms with van der Waals surface area (Å²) in [7, 11) is 0. The first-order valence-electron chi connectivity index (χ1n) is 5.49. The third-order valence-corrected chi connectivity index (χ3v) is 3.54. The second kappa shape index (κ2) is 4.30. The predicted octanol–water partition coefficient (Wildman–Crippen LogP) is 1.70. The number of carbonyl (C=O) groups excluding carboxylic acids is 1. The highest BCUT2D eigenvalue weighted by molar-refractivity contribution is 5.82. The molecule has 0 atom stereocenters. The molecule has 1 N–H and O–H groups in total. The summed E-state index contributed by atoms with van der Waals surface area (Å²) in [5.74, 6) is 0.357. The zero-order chi connectivity index (χ0) is 10.8. The van der Waals surface area contributed by atoms with E-state index in [9.17, 15) is 4.79 Å². The van der Waals surface area contributed by atoms with Crippen molar-refractivity contribution in [2.75, 3.05) is 13.1 Å². The fraction of sp³-hybridized carbons (Fsp3) is 0.909. The Balaban J connectivity index is 2.53. The number of likely N-dealkylation sites (tertiary alicyclic amines) is 1. The van der Waals surface area contributed by atoms with Crippen molar-refractivity contribution in [3.05, 3.63) is 0 Å². The van der Waals surface area contributed by atoms with E-state index in [1.54, 1.807) is 0 Å². The molecule has 0 aromatic carbocycles. The molecule has 0 aromatic rings. The van der Waals surface area contributed by atoms with Crippen molar-refractivity contribution in [3.63, 3.8) is 0 Å². The first kappa shape index (κ1) is 11.5. The van der Waals surface area contributed by atoms with Crippen LogP contribution in [0, 0.1) is 5.92 Å². The van der Waals surface area contributed by atoms with Crippen molar-refractivity contribution in [1.82, 2.24) is 10.6 Å². The molecular weight excluding hydrogens is 176 g/mol. The Bertz CT molecular complexity index is 205. The van der Waals surface area contributed by atoms with Crippen LogP contribution in [0.4, 0.5) is 0 Å². The van der Waals surface area contributed by atoms with Crippen molar-refractivity contribution in [1.29, 1.82) is 0 Å². The molecule has 1 fully saturated rings. The Labute approximate surface area is 86.6 Å². The normalized spacial score (nSPS) is 21.1. The van der Waals surface area contributed by atoms with E-state index in [1.807, 2.05) is 13.8 Å². The lowest BCUT2D eigenvalue weighted by Crippen LogP contribution is -2.53. The van der Waals surface area contributed by atoms with Gasteiger partial charge in [0.2, 0.25) is 0 Å². The Kier molecular flexibility index (Phi) is 3.53. The van der Waals surface area contributed by atoms with Crippen molar-refractivity contribution in [2.45, 2.75) is 45.6 Å². The molecule has 1 saturated heterocycles. The van der Waals surface area contributed by atoms with Gasteiger partial charge in [-0.25, -0.2) is 0 Å². The molecule has 0 bridgehead atoms. The zero-order valence-electron chi connectivity index (χ0n) is 9.47. The molecule has 3 heteroatoms. The minimum atomic E-state index is -0.585. The largest absolute Gasteiger partial charge is 0.290 e. The molecule has 1 heterocycles. The molecule has 0 aromatic heterocycles. The van der Waals surface area contributed by atoms with Gasteiger partial charge < -0.3 is 0 Å². The van der Waals surface area contributed by atoms with Gasteiger partial charge in [-0.2, -0.15) is 0 Å². The average Bonchev–Trinajstić information content (AvgIpc) is 2.17. The monoisotopic (exact) mass is 197 g/mol. The second-order valence-electron chi connectivity index (χ2n) is 4.73. The Hall–Kier alpha value is -0.570. The maximum Gasteiger partial charge on any atom is 0.258 e. The maximum atomic E-state index is 11.1. The summed E-state index contributed by atoms with van der Waals surface area (Å²) in [6, 6.07) is 0. The summed E-state index contributed by atoms with van der Waals surface area (Å²) in [6.07, 6.45) is 3.59. The standard InChI is InChI=1S/C11H21N2O/c1-4-9-5-7-13(8-6-9)11(2,3)10(12)14/h9,12H,4-8H2,1-3H3. The van der Waals surface area contributed by atoms with E-state index < -0.39 is 11.4 Å². The predicted molar refractivity (Wildman–Crippen MR) is 56.8 cm³/mol. The molecule has 0 saturated carbocycles. The zero-order valence-corrected chi connectivity index (χ0v) is 9.47. The van der Waals surface area contributed by atoms with E-state index in [-0.39, 0.29) is 0 Å². The first-order valence-corrected chi connectivity index (χ1v) is 5.49. The molecule has 14 heavy (non-hydrogen) atoms. The van der Waals surface area contributed by atoms with Gasteiger partial charge in [0.1, 0.15) is 0 Å². The van der Waals surface area contributed by atoms with Crippen LogP contribution in [0.3, 0.4) is 0 Å². The SMILES string of the molecule is CCC1CCN(C(C)(C)C([NH])=O)CC1. The molecule has 1 aliphatic rings. The lowest BCUT2D eigenvalue weighted by Gasteiger charge is -2.40. The first-order chi connectivity index (χ1) is 6.48. The van der Waals surface area contributed by atoms with Crippen molar-refractivity contribution >= 4 is 5.91 Å². The number of rotatable bonds is 3. The van der Waals surface area contributed by atoms with Crippen LogP contribution < -0.4 is 5.73 Å². The molecule has 1 radical (unpaired) electrons. The minimum absolute atomic E-state index is 0.465. The topological polar surface area (TPSA) is 44.1 Å². The average molecular weight is 197 g/mol. The molecule has 0 unspecified atom stereocenters. The van der Waals surface area contributed by atoms with Crippen LogP contribution in [0.25, 0.3) is 0 Å². The van der Waals surface area contributed by atoms with Crippen LogP contribution in [0.2, 0.25) is 0 Å². The van der Waals surface area contributed by atoms with E-state index >= 15 is 0 Å². The van der Waals surface area contributed by atoms with Gasteiger partial charge in [-0.05, 0) is 45.7 Å². The molecule has 0 aliphatic carbocycles. The highest BCUT2D eigenvalue weighted by atomic mass is 16.1. The summed E-state index contributed by atoms with van der Waals surface area (Å²) in [4.78, 5) is 13.3. The van der Waals surface area contributed by atoms with Crippen LogP contribution in [-0.2, 0) is 4.79 Å². The lowest BCUT2D eigenvalue weighted by molar-refractivity contribution is -0.130. The molecule has 81 valence electrons.